The van der Waals surface area contributed by atoms with Crippen molar-refractivity contribution in [1.82, 2.24) is 25.3 Å². The molecule has 1 aromatic carbocycles. The topological polar surface area (TPSA) is 101 Å². The molecule has 2 bridgehead atoms. The summed E-state index contributed by atoms with van der Waals surface area (Å²) in [6.07, 6.45) is 10.2. The minimum absolute atomic E-state index is 0.0300. The number of nitrogens with one attached hydrogen (secondary N) is 2. The van der Waals surface area contributed by atoms with Crippen molar-refractivity contribution in [1.29, 1.82) is 0 Å². The normalized spacial score (nSPS) is 27.3. The smallest absolute Gasteiger partial charge is 0.207 e. The van der Waals surface area contributed by atoms with Gasteiger partial charge in [-0.15, -0.1) is 10.2 Å². The number of rotatable bonds is 9. The Morgan fingerprint density at radius 3 is 2.68 bits per heavy atom. The third kappa shape index (κ3) is 4.93. The zero-order valence-corrected chi connectivity index (χ0v) is 20.4. The van der Waals surface area contributed by atoms with E-state index >= 15 is 0 Å². The fraction of sp³-hybridized carbons (Fsp3) is 0.591. The van der Waals surface area contributed by atoms with Gasteiger partial charge in [0.05, 0.1) is 4.90 Å². The molecule has 3 saturated carbocycles. The number of benzene rings is 1. The highest BCUT2D eigenvalue weighted by Crippen LogP contribution is 2.61. The van der Waals surface area contributed by atoms with Crippen LogP contribution in [0.2, 0.25) is 0 Å². The Bertz CT molecular complexity index is 1010. The molecule has 1 heterocycles. The molecule has 4 atom stereocenters. The summed E-state index contributed by atoms with van der Waals surface area (Å²) in [6.45, 7) is 4.58. The average Bonchev–Trinajstić information content (AvgIpc) is 3.24. The third-order valence-corrected chi connectivity index (χ3v) is 9.26. The van der Waals surface area contributed by atoms with Crippen molar-refractivity contribution in [3.8, 4) is 0 Å². The quantitative estimate of drug-likeness (QED) is 0.390. The second-order valence-electron chi connectivity index (χ2n) is 9.38. The summed E-state index contributed by atoms with van der Waals surface area (Å²) in [5.74, 6) is 2.14. The summed E-state index contributed by atoms with van der Waals surface area (Å²) in [7, 11) is -3.55. The highest BCUT2D eigenvalue weighted by Gasteiger charge is 2.58. The number of aromatic nitrogens is 4. The number of H-pyrrole nitrogens is 1. The largest absolute Gasteiger partial charge is 0.240 e. The van der Waals surface area contributed by atoms with E-state index in [1.807, 2.05) is 0 Å². The Morgan fingerprint density at radius 2 is 2.00 bits per heavy atom. The number of allylic oxidation sites excluding steroid dienone is 2. The summed E-state index contributed by atoms with van der Waals surface area (Å²) in [5.41, 5.74) is 0.192. The van der Waals surface area contributed by atoms with E-state index < -0.39 is 10.0 Å². The SMILES string of the molecule is CC1(C)[C@H]2C[C@H](C/C=C\CCCc3nn[nH]n3)[C@@H](NS(=O)(=O)c3ccc(Br)cc3)[C@@H]1C2. The Labute approximate surface area is 192 Å². The van der Waals surface area contributed by atoms with Crippen LogP contribution < -0.4 is 4.72 Å². The molecule has 3 aliphatic carbocycles. The summed E-state index contributed by atoms with van der Waals surface area (Å²) in [6, 6.07) is 6.82. The molecule has 0 saturated heterocycles. The van der Waals surface area contributed by atoms with E-state index in [9.17, 15) is 8.42 Å². The number of hydrogen-bond donors (Lipinski definition) is 2. The monoisotopic (exact) mass is 507 g/mol. The molecule has 9 heteroatoms. The van der Waals surface area contributed by atoms with Crippen LogP contribution in [0.4, 0.5) is 0 Å². The van der Waals surface area contributed by atoms with Gasteiger partial charge < -0.3 is 0 Å². The molecule has 1 aromatic heterocycles. The van der Waals surface area contributed by atoms with Crippen LogP contribution in [0.5, 0.6) is 0 Å². The molecule has 0 spiro atoms. The molecule has 7 nitrogen and oxygen atoms in total. The number of tetrazole rings is 1. The van der Waals surface area contributed by atoms with Crippen LogP contribution in [0, 0.1) is 23.2 Å². The maximum atomic E-state index is 13.1. The minimum atomic E-state index is -3.55. The second-order valence-corrected chi connectivity index (χ2v) is 12.0. The van der Waals surface area contributed by atoms with E-state index in [-0.39, 0.29) is 11.5 Å². The van der Waals surface area contributed by atoms with E-state index in [1.54, 1.807) is 24.3 Å². The average molecular weight is 508 g/mol. The van der Waals surface area contributed by atoms with Gasteiger partial charge in [-0.3, -0.25) is 0 Å². The van der Waals surface area contributed by atoms with E-state index in [0.29, 0.717) is 22.6 Å². The molecular weight excluding hydrogens is 478 g/mol. The predicted molar refractivity (Wildman–Crippen MR) is 123 cm³/mol. The van der Waals surface area contributed by atoms with Crippen LogP contribution in [-0.2, 0) is 16.4 Å². The number of nitrogens with zero attached hydrogens (tertiary/aromatic N) is 3. The first-order valence-electron chi connectivity index (χ1n) is 10.9. The lowest BCUT2D eigenvalue weighted by Crippen LogP contribution is -2.63. The van der Waals surface area contributed by atoms with E-state index in [2.05, 4.69) is 67.3 Å². The molecule has 31 heavy (non-hydrogen) atoms. The first-order chi connectivity index (χ1) is 14.8. The van der Waals surface area contributed by atoms with Gasteiger partial charge in [0, 0.05) is 16.9 Å². The molecule has 0 unspecified atom stereocenters. The Balaban J connectivity index is 1.39. The molecular formula is C22H30BrN5O2S. The maximum Gasteiger partial charge on any atom is 0.240 e. The van der Waals surface area contributed by atoms with Gasteiger partial charge in [-0.2, -0.15) is 5.21 Å². The number of aromatic amines is 1. The number of fused-ring (bicyclic) bond motifs is 2. The van der Waals surface area contributed by atoms with Gasteiger partial charge in [-0.1, -0.05) is 47.1 Å². The molecule has 3 aliphatic rings. The Kier molecular flexibility index (Phi) is 6.65. The van der Waals surface area contributed by atoms with Crippen molar-refractivity contribution in [3.63, 3.8) is 0 Å². The van der Waals surface area contributed by atoms with Gasteiger partial charge in [0.15, 0.2) is 5.82 Å². The van der Waals surface area contributed by atoms with Crippen LogP contribution in [0.3, 0.4) is 0 Å². The van der Waals surface area contributed by atoms with Crippen LogP contribution in [0.25, 0.3) is 0 Å². The predicted octanol–water partition coefficient (Wildman–Crippen LogP) is 4.26. The molecule has 0 aliphatic heterocycles. The zero-order valence-electron chi connectivity index (χ0n) is 18.0. The number of sulfonamides is 1. The van der Waals surface area contributed by atoms with E-state index in [4.69, 9.17) is 0 Å². The van der Waals surface area contributed by atoms with Gasteiger partial charge >= 0.3 is 0 Å². The first kappa shape index (κ1) is 22.6. The zero-order chi connectivity index (χ0) is 22.1. The number of aryl methyl sites for hydroxylation is 1. The van der Waals surface area contributed by atoms with Crippen molar-refractivity contribution in [3.05, 3.63) is 46.7 Å². The third-order valence-electron chi connectivity index (χ3n) is 7.26. The van der Waals surface area contributed by atoms with Gasteiger partial charge in [-0.05, 0) is 79.5 Å². The van der Waals surface area contributed by atoms with Crippen LogP contribution in [-0.4, -0.2) is 35.1 Å². The Morgan fingerprint density at radius 1 is 1.23 bits per heavy atom. The molecule has 0 radical (unpaired) electrons. The minimum Gasteiger partial charge on any atom is -0.207 e. The molecule has 0 amide bonds. The van der Waals surface area contributed by atoms with E-state index in [1.165, 1.54) is 0 Å². The van der Waals surface area contributed by atoms with E-state index in [0.717, 1.165) is 48.8 Å². The van der Waals surface area contributed by atoms with Gasteiger partial charge in [0.25, 0.3) is 0 Å². The lowest BCUT2D eigenvalue weighted by molar-refractivity contribution is -0.108. The van der Waals surface area contributed by atoms with Gasteiger partial charge in [-0.25, -0.2) is 13.1 Å². The number of halogens is 1. The van der Waals surface area contributed by atoms with Crippen molar-refractivity contribution in [2.24, 2.45) is 23.2 Å². The molecule has 168 valence electrons. The molecule has 2 N–H and O–H groups in total. The molecule has 2 aromatic rings. The fourth-order valence-corrected chi connectivity index (χ4v) is 6.85. The number of hydrogen-bond acceptors (Lipinski definition) is 5. The van der Waals surface area contributed by atoms with Crippen LogP contribution in [0.15, 0.2) is 45.8 Å². The lowest BCUT2D eigenvalue weighted by atomic mass is 9.45. The Hall–Kier alpha value is -1.58. The summed E-state index contributed by atoms with van der Waals surface area (Å²) in [5, 5.41) is 14.0. The first-order valence-corrected chi connectivity index (χ1v) is 13.2. The van der Waals surface area contributed by atoms with Crippen LogP contribution >= 0.6 is 15.9 Å². The fourth-order valence-electron chi connectivity index (χ4n) is 5.24. The summed E-state index contributed by atoms with van der Waals surface area (Å²) < 4.78 is 30.2. The van der Waals surface area contributed by atoms with Gasteiger partial charge in [0.1, 0.15) is 0 Å². The van der Waals surface area contributed by atoms with Crippen molar-refractivity contribution in [2.75, 3.05) is 0 Å². The van der Waals surface area contributed by atoms with Crippen molar-refractivity contribution >= 4 is 26.0 Å². The lowest BCUT2D eigenvalue weighted by Gasteiger charge is -2.62. The maximum absolute atomic E-state index is 13.1. The second kappa shape index (κ2) is 9.11. The summed E-state index contributed by atoms with van der Waals surface area (Å²) >= 11 is 3.37. The van der Waals surface area contributed by atoms with Crippen molar-refractivity contribution in [2.45, 2.75) is 63.3 Å². The standard InChI is InChI=1S/C22H30BrN5O2S/c1-22(2)16-13-15(7-5-3-4-6-8-20-24-27-28-25-20)21(19(22)14-16)26-31(29,30)18-11-9-17(23)10-12-18/h3,5,9-12,15-16,19,21,26H,4,6-8,13-14H2,1-2H3,(H,24,25,27,28)/b5-3-/t15-,16-,19-,21+/m0/s1. The highest BCUT2D eigenvalue weighted by atomic mass is 79.9. The summed E-state index contributed by atoms with van der Waals surface area (Å²) in [4.78, 5) is 0.325. The van der Waals surface area contributed by atoms with Crippen LogP contribution in [0.1, 0.15) is 51.8 Å². The molecule has 5 rings (SSSR count). The van der Waals surface area contributed by atoms with Crippen molar-refractivity contribution < 1.29 is 8.42 Å². The number of unbranched alkanes of at least 4 members (excludes halogenated alkanes) is 1. The highest BCUT2D eigenvalue weighted by molar-refractivity contribution is 9.10. The molecule has 3 fully saturated rings. The van der Waals surface area contributed by atoms with Gasteiger partial charge in [0.2, 0.25) is 10.0 Å².